The molecule has 0 heterocycles. The van der Waals surface area contributed by atoms with Crippen molar-refractivity contribution in [3.8, 4) is 33.4 Å². The van der Waals surface area contributed by atoms with Gasteiger partial charge in [-0.15, -0.1) is 0 Å². The summed E-state index contributed by atoms with van der Waals surface area (Å²) < 4.78 is 0. The Hall–Kier alpha value is -5.92. The highest BCUT2D eigenvalue weighted by Gasteiger charge is 2.35. The average molecular weight is 614 g/mol. The van der Waals surface area contributed by atoms with E-state index in [2.05, 4.69) is 195 Å². The second kappa shape index (κ2) is 11.1. The molecule has 8 aromatic carbocycles. The standard InChI is InChI=1S/C47H35N/c1-47(2)45-19-11-10-18-42(45)43-29-28-38(31-46(43)47)48(36-24-20-33(21-25-36)32-12-4-3-5-13-32)37-26-22-34(23-27-37)44-30-35-14-6-7-15-39(35)40-16-8-9-17-41(40)44/h3-31H,1-2H3. The van der Waals surface area contributed by atoms with Crippen molar-refractivity contribution < 1.29 is 0 Å². The predicted molar refractivity (Wildman–Crippen MR) is 205 cm³/mol. The van der Waals surface area contributed by atoms with Crippen LogP contribution in [0.1, 0.15) is 25.0 Å². The van der Waals surface area contributed by atoms with Crippen molar-refractivity contribution in [2.24, 2.45) is 0 Å². The largest absolute Gasteiger partial charge is 0.310 e. The summed E-state index contributed by atoms with van der Waals surface area (Å²) in [6, 6.07) is 64.4. The molecule has 0 spiro atoms. The second-order valence-corrected chi connectivity index (χ2v) is 13.4. The lowest BCUT2D eigenvalue weighted by Crippen LogP contribution is -2.16. The lowest BCUT2D eigenvalue weighted by molar-refractivity contribution is 0.660. The molecule has 0 atom stereocenters. The topological polar surface area (TPSA) is 3.24 Å². The lowest BCUT2D eigenvalue weighted by atomic mass is 9.82. The first-order chi connectivity index (χ1) is 23.6. The van der Waals surface area contributed by atoms with Crippen LogP contribution in [0, 0.1) is 0 Å². The molecule has 1 nitrogen and oxygen atoms in total. The molecule has 0 radical (unpaired) electrons. The van der Waals surface area contributed by atoms with Gasteiger partial charge in [0.2, 0.25) is 0 Å². The molecular weight excluding hydrogens is 579 g/mol. The van der Waals surface area contributed by atoms with Crippen molar-refractivity contribution in [2.75, 3.05) is 4.90 Å². The number of anilines is 3. The van der Waals surface area contributed by atoms with E-state index < -0.39 is 0 Å². The third kappa shape index (κ3) is 4.54. The Balaban J connectivity index is 1.17. The first kappa shape index (κ1) is 28.3. The number of hydrogen-bond donors (Lipinski definition) is 0. The van der Waals surface area contributed by atoms with E-state index in [4.69, 9.17) is 0 Å². The first-order valence-electron chi connectivity index (χ1n) is 16.8. The highest BCUT2D eigenvalue weighted by Crippen LogP contribution is 2.50. The Kier molecular flexibility index (Phi) is 6.55. The second-order valence-electron chi connectivity index (χ2n) is 13.4. The molecule has 0 bridgehead atoms. The number of fused-ring (bicyclic) bond motifs is 6. The zero-order valence-electron chi connectivity index (χ0n) is 27.2. The highest BCUT2D eigenvalue weighted by atomic mass is 15.1. The van der Waals surface area contributed by atoms with Crippen molar-refractivity contribution in [3.05, 3.63) is 187 Å². The summed E-state index contributed by atoms with van der Waals surface area (Å²) in [5.41, 5.74) is 13.7. The van der Waals surface area contributed by atoms with Crippen molar-refractivity contribution in [2.45, 2.75) is 19.3 Å². The van der Waals surface area contributed by atoms with Crippen molar-refractivity contribution >= 4 is 38.6 Å². The van der Waals surface area contributed by atoms with Crippen LogP contribution < -0.4 is 4.90 Å². The molecule has 228 valence electrons. The number of rotatable bonds is 5. The summed E-state index contributed by atoms with van der Waals surface area (Å²) in [5, 5.41) is 5.12. The molecule has 8 aromatic rings. The van der Waals surface area contributed by atoms with Gasteiger partial charge in [-0.1, -0.05) is 147 Å². The average Bonchev–Trinajstić information content (AvgIpc) is 3.38. The Labute approximate surface area is 282 Å². The van der Waals surface area contributed by atoms with Gasteiger partial charge in [0.15, 0.2) is 0 Å². The third-order valence-corrected chi connectivity index (χ3v) is 10.3. The molecule has 0 N–H and O–H groups in total. The molecule has 9 rings (SSSR count). The van der Waals surface area contributed by atoms with Gasteiger partial charge in [0.05, 0.1) is 0 Å². The van der Waals surface area contributed by atoms with Crippen LogP contribution in [0.15, 0.2) is 176 Å². The number of hydrogen-bond acceptors (Lipinski definition) is 1. The van der Waals surface area contributed by atoms with Crippen LogP contribution in [0.25, 0.3) is 54.9 Å². The molecular formula is C47H35N. The van der Waals surface area contributed by atoms with E-state index in [1.54, 1.807) is 0 Å². The SMILES string of the molecule is CC1(C)c2ccccc2-c2ccc(N(c3ccc(-c4ccccc4)cc3)c3ccc(-c4cc5ccccc5c5ccccc45)cc3)cc21. The van der Waals surface area contributed by atoms with E-state index in [1.807, 2.05) is 0 Å². The van der Waals surface area contributed by atoms with Gasteiger partial charge in [-0.3, -0.25) is 0 Å². The van der Waals surface area contributed by atoms with Crippen LogP contribution in [0.4, 0.5) is 17.1 Å². The predicted octanol–water partition coefficient (Wildman–Crippen LogP) is 13.1. The van der Waals surface area contributed by atoms with Gasteiger partial charge in [-0.2, -0.15) is 0 Å². The van der Waals surface area contributed by atoms with Crippen LogP contribution in [-0.4, -0.2) is 0 Å². The van der Waals surface area contributed by atoms with Crippen LogP contribution in [0.3, 0.4) is 0 Å². The molecule has 0 saturated carbocycles. The summed E-state index contributed by atoms with van der Waals surface area (Å²) in [6.07, 6.45) is 0. The maximum absolute atomic E-state index is 2.41. The number of nitrogens with zero attached hydrogens (tertiary/aromatic N) is 1. The minimum atomic E-state index is -0.0776. The summed E-state index contributed by atoms with van der Waals surface area (Å²) in [7, 11) is 0. The van der Waals surface area contributed by atoms with E-state index in [0.29, 0.717) is 0 Å². The molecule has 1 heteroatoms. The third-order valence-electron chi connectivity index (χ3n) is 10.3. The van der Waals surface area contributed by atoms with Gasteiger partial charge >= 0.3 is 0 Å². The lowest BCUT2D eigenvalue weighted by Gasteiger charge is -2.28. The van der Waals surface area contributed by atoms with Gasteiger partial charge in [0, 0.05) is 22.5 Å². The van der Waals surface area contributed by atoms with Crippen molar-refractivity contribution in [3.63, 3.8) is 0 Å². The smallest absolute Gasteiger partial charge is 0.0465 e. The van der Waals surface area contributed by atoms with Crippen molar-refractivity contribution in [1.29, 1.82) is 0 Å². The molecule has 1 aliphatic carbocycles. The maximum atomic E-state index is 2.41. The highest BCUT2D eigenvalue weighted by molar-refractivity contribution is 6.13. The van der Waals surface area contributed by atoms with Crippen molar-refractivity contribution in [1.82, 2.24) is 0 Å². The summed E-state index contributed by atoms with van der Waals surface area (Å²) in [6.45, 7) is 4.70. The quantitative estimate of drug-likeness (QED) is 0.175. The zero-order chi connectivity index (χ0) is 32.2. The van der Waals surface area contributed by atoms with Crippen LogP contribution in [-0.2, 0) is 5.41 Å². The summed E-state index contributed by atoms with van der Waals surface area (Å²) >= 11 is 0. The first-order valence-corrected chi connectivity index (χ1v) is 16.8. The van der Waals surface area contributed by atoms with E-state index >= 15 is 0 Å². The van der Waals surface area contributed by atoms with Gasteiger partial charge in [0.1, 0.15) is 0 Å². The van der Waals surface area contributed by atoms with Gasteiger partial charge in [0.25, 0.3) is 0 Å². The molecule has 0 amide bonds. The zero-order valence-corrected chi connectivity index (χ0v) is 27.2. The van der Waals surface area contributed by atoms with E-state index in [1.165, 1.54) is 66.1 Å². The van der Waals surface area contributed by atoms with Gasteiger partial charge in [-0.05, 0) is 109 Å². The molecule has 1 aliphatic rings. The van der Waals surface area contributed by atoms with E-state index in [9.17, 15) is 0 Å². The Morgan fingerprint density at radius 1 is 0.354 bits per heavy atom. The summed E-state index contributed by atoms with van der Waals surface area (Å²) in [4.78, 5) is 2.40. The Bertz CT molecular complexity index is 2450. The molecule has 0 unspecified atom stereocenters. The van der Waals surface area contributed by atoms with Gasteiger partial charge in [-0.25, -0.2) is 0 Å². The van der Waals surface area contributed by atoms with E-state index in [-0.39, 0.29) is 5.41 Å². The fourth-order valence-corrected chi connectivity index (χ4v) is 7.80. The molecule has 48 heavy (non-hydrogen) atoms. The minimum Gasteiger partial charge on any atom is -0.310 e. The molecule has 0 aliphatic heterocycles. The van der Waals surface area contributed by atoms with Crippen LogP contribution >= 0.6 is 0 Å². The minimum absolute atomic E-state index is 0.0776. The fourth-order valence-electron chi connectivity index (χ4n) is 7.80. The van der Waals surface area contributed by atoms with Crippen LogP contribution in [0.5, 0.6) is 0 Å². The van der Waals surface area contributed by atoms with Gasteiger partial charge < -0.3 is 4.90 Å². The maximum Gasteiger partial charge on any atom is 0.0465 e. The molecule has 0 aromatic heterocycles. The summed E-state index contributed by atoms with van der Waals surface area (Å²) in [5.74, 6) is 0. The Morgan fingerprint density at radius 3 is 1.65 bits per heavy atom. The monoisotopic (exact) mass is 613 g/mol. The van der Waals surface area contributed by atoms with Crippen LogP contribution in [0.2, 0.25) is 0 Å². The normalized spacial score (nSPS) is 13.0. The molecule has 0 saturated heterocycles. The fraction of sp³-hybridized carbons (Fsp3) is 0.0638. The molecule has 0 fully saturated rings. The Morgan fingerprint density at radius 2 is 0.896 bits per heavy atom. The number of benzene rings is 8. The van der Waals surface area contributed by atoms with E-state index in [0.717, 1.165) is 17.1 Å².